The van der Waals surface area contributed by atoms with Crippen molar-refractivity contribution in [3.05, 3.63) is 58.3 Å². The van der Waals surface area contributed by atoms with E-state index in [1.165, 1.54) is 0 Å². The van der Waals surface area contributed by atoms with Gasteiger partial charge in [0.05, 0.1) is 12.6 Å². The van der Waals surface area contributed by atoms with Crippen LogP contribution in [0.3, 0.4) is 0 Å². The molecule has 0 radical (unpaired) electrons. The fourth-order valence-electron chi connectivity index (χ4n) is 2.36. The maximum atomic E-state index is 12.1. The first-order chi connectivity index (χ1) is 11.6. The van der Waals surface area contributed by atoms with Crippen LogP contribution < -0.4 is 16.0 Å². The Bertz CT molecular complexity index is 644. The van der Waals surface area contributed by atoms with Gasteiger partial charge in [-0.15, -0.1) is 11.3 Å². The maximum absolute atomic E-state index is 12.1. The molecule has 0 saturated carbocycles. The molecule has 0 aliphatic carbocycles. The number of carbonyl (C=O) groups is 2. The molecule has 128 valence electrons. The van der Waals surface area contributed by atoms with Crippen LogP contribution in [0.25, 0.3) is 0 Å². The van der Waals surface area contributed by atoms with Crippen LogP contribution in [-0.4, -0.2) is 30.9 Å². The first-order valence-electron chi connectivity index (χ1n) is 8.00. The predicted molar refractivity (Wildman–Crippen MR) is 96.9 cm³/mol. The summed E-state index contributed by atoms with van der Waals surface area (Å²) in [5.41, 5.74) is 1.10. The molecule has 0 saturated heterocycles. The van der Waals surface area contributed by atoms with Crippen molar-refractivity contribution < 1.29 is 9.59 Å². The van der Waals surface area contributed by atoms with E-state index >= 15 is 0 Å². The molecule has 0 fully saturated rings. The van der Waals surface area contributed by atoms with Crippen LogP contribution in [0.15, 0.2) is 47.8 Å². The summed E-state index contributed by atoms with van der Waals surface area (Å²) in [6.45, 7) is 4.21. The Morgan fingerprint density at radius 1 is 1.12 bits per heavy atom. The van der Waals surface area contributed by atoms with Crippen LogP contribution in [-0.2, 0) is 9.59 Å². The molecule has 1 aromatic carbocycles. The van der Waals surface area contributed by atoms with Gasteiger partial charge in [0.25, 0.3) is 0 Å². The Hall–Kier alpha value is -2.18. The van der Waals surface area contributed by atoms with Gasteiger partial charge in [0, 0.05) is 11.4 Å². The molecule has 2 rings (SSSR count). The van der Waals surface area contributed by atoms with Crippen LogP contribution in [0.5, 0.6) is 0 Å². The Morgan fingerprint density at radius 2 is 1.88 bits per heavy atom. The molecule has 0 bridgehead atoms. The fraction of sp³-hybridized carbons (Fsp3) is 0.333. The van der Waals surface area contributed by atoms with Gasteiger partial charge in [-0.05, 0) is 30.9 Å². The molecule has 1 aromatic heterocycles. The predicted octanol–water partition coefficient (Wildman–Crippen LogP) is 2.07. The van der Waals surface area contributed by atoms with Crippen LogP contribution in [0.1, 0.15) is 30.3 Å². The lowest BCUT2D eigenvalue weighted by molar-refractivity contribution is -0.128. The van der Waals surface area contributed by atoms with E-state index in [1.807, 2.05) is 54.8 Å². The molecule has 0 spiro atoms. The van der Waals surface area contributed by atoms with Gasteiger partial charge in [-0.2, -0.15) is 0 Å². The Balaban J connectivity index is 1.96. The topological polar surface area (TPSA) is 70.2 Å². The summed E-state index contributed by atoms with van der Waals surface area (Å²) in [7, 11) is 0. The second-order valence-corrected chi connectivity index (χ2v) is 6.40. The van der Waals surface area contributed by atoms with Crippen molar-refractivity contribution in [1.29, 1.82) is 0 Å². The molecule has 2 amide bonds. The van der Waals surface area contributed by atoms with Crippen molar-refractivity contribution in [2.24, 2.45) is 0 Å². The third-order valence-corrected chi connectivity index (χ3v) is 4.49. The van der Waals surface area contributed by atoms with Crippen molar-refractivity contribution in [3.63, 3.8) is 0 Å². The normalized spacial score (nSPS) is 13.1. The number of benzene rings is 1. The van der Waals surface area contributed by atoms with Crippen LogP contribution in [0.2, 0.25) is 0 Å². The summed E-state index contributed by atoms with van der Waals surface area (Å²) in [6.07, 6.45) is 0. The van der Waals surface area contributed by atoms with Crippen LogP contribution in [0.4, 0.5) is 0 Å². The lowest BCUT2D eigenvalue weighted by atomic mass is 10.1. The van der Waals surface area contributed by atoms with Crippen molar-refractivity contribution in [2.75, 3.05) is 13.1 Å². The highest BCUT2D eigenvalue weighted by atomic mass is 32.1. The Labute approximate surface area is 146 Å². The maximum Gasteiger partial charge on any atom is 0.242 e. The number of rotatable bonds is 8. The van der Waals surface area contributed by atoms with Gasteiger partial charge in [-0.25, -0.2) is 0 Å². The standard InChI is InChI=1S/C18H23N3O2S/c1-3-19-18(23)13(2)21-16(22)12-20-17(15-10-7-11-24-15)14-8-5-4-6-9-14/h4-11,13,17,20H,3,12H2,1-2H3,(H,19,23)(H,21,22)/t13-,17-/m0/s1. The monoisotopic (exact) mass is 345 g/mol. The molecule has 1 heterocycles. The zero-order valence-corrected chi connectivity index (χ0v) is 14.7. The average molecular weight is 345 g/mol. The molecule has 0 unspecified atom stereocenters. The van der Waals surface area contributed by atoms with E-state index < -0.39 is 6.04 Å². The van der Waals surface area contributed by atoms with Crippen LogP contribution in [0, 0.1) is 0 Å². The first-order valence-corrected chi connectivity index (χ1v) is 8.88. The average Bonchev–Trinajstić information content (AvgIpc) is 3.10. The van der Waals surface area contributed by atoms with Gasteiger partial charge in [-0.1, -0.05) is 36.4 Å². The number of amides is 2. The first kappa shape index (κ1) is 18.2. The fourth-order valence-corrected chi connectivity index (χ4v) is 3.19. The lowest BCUT2D eigenvalue weighted by Gasteiger charge is -2.19. The molecular formula is C18H23N3O2S. The van der Waals surface area contributed by atoms with E-state index in [1.54, 1.807) is 18.3 Å². The number of carbonyl (C=O) groups excluding carboxylic acids is 2. The summed E-state index contributed by atoms with van der Waals surface area (Å²) in [6, 6.07) is 13.4. The van der Waals surface area contributed by atoms with E-state index in [0.717, 1.165) is 10.4 Å². The Kier molecular flexibility index (Phi) is 6.96. The quantitative estimate of drug-likeness (QED) is 0.686. The minimum Gasteiger partial charge on any atom is -0.355 e. The minimum absolute atomic E-state index is 0.0447. The summed E-state index contributed by atoms with van der Waals surface area (Å²) >= 11 is 1.64. The third kappa shape index (κ3) is 5.18. The number of nitrogens with one attached hydrogen (secondary N) is 3. The molecule has 24 heavy (non-hydrogen) atoms. The molecule has 0 aliphatic heterocycles. The van der Waals surface area contributed by atoms with Gasteiger partial charge in [0.2, 0.25) is 11.8 Å². The largest absolute Gasteiger partial charge is 0.355 e. The highest BCUT2D eigenvalue weighted by molar-refractivity contribution is 7.10. The van der Waals surface area contributed by atoms with Gasteiger partial charge < -0.3 is 10.6 Å². The lowest BCUT2D eigenvalue weighted by Crippen LogP contribution is -2.47. The second-order valence-electron chi connectivity index (χ2n) is 5.42. The molecular weight excluding hydrogens is 322 g/mol. The van der Waals surface area contributed by atoms with E-state index in [9.17, 15) is 9.59 Å². The van der Waals surface area contributed by atoms with Crippen molar-refractivity contribution in [3.8, 4) is 0 Å². The van der Waals surface area contributed by atoms with Gasteiger partial charge in [-0.3, -0.25) is 14.9 Å². The number of hydrogen-bond acceptors (Lipinski definition) is 4. The minimum atomic E-state index is -0.545. The van der Waals surface area contributed by atoms with E-state index in [-0.39, 0.29) is 24.4 Å². The molecule has 3 N–H and O–H groups in total. The number of likely N-dealkylation sites (N-methyl/N-ethyl adjacent to an activating group) is 1. The van der Waals surface area contributed by atoms with Gasteiger partial charge >= 0.3 is 0 Å². The van der Waals surface area contributed by atoms with Gasteiger partial charge in [0.1, 0.15) is 6.04 Å². The molecule has 5 nitrogen and oxygen atoms in total. The zero-order valence-electron chi connectivity index (χ0n) is 13.9. The van der Waals surface area contributed by atoms with E-state index in [4.69, 9.17) is 0 Å². The SMILES string of the molecule is CCNC(=O)[C@H](C)NC(=O)CN[C@@H](c1ccccc1)c1cccs1. The van der Waals surface area contributed by atoms with Crippen molar-refractivity contribution in [1.82, 2.24) is 16.0 Å². The number of thiophene rings is 1. The summed E-state index contributed by atoms with van der Waals surface area (Å²) in [5, 5.41) is 10.7. The zero-order chi connectivity index (χ0) is 17.4. The molecule has 2 atom stereocenters. The summed E-state index contributed by atoms with van der Waals surface area (Å²) in [5.74, 6) is -0.380. The van der Waals surface area contributed by atoms with E-state index in [0.29, 0.717) is 6.54 Å². The van der Waals surface area contributed by atoms with Crippen molar-refractivity contribution in [2.45, 2.75) is 25.9 Å². The van der Waals surface area contributed by atoms with Gasteiger partial charge in [0.15, 0.2) is 0 Å². The van der Waals surface area contributed by atoms with Crippen LogP contribution >= 0.6 is 11.3 Å². The van der Waals surface area contributed by atoms with E-state index in [2.05, 4.69) is 16.0 Å². The highest BCUT2D eigenvalue weighted by Crippen LogP contribution is 2.25. The third-order valence-electron chi connectivity index (χ3n) is 3.55. The molecule has 0 aliphatic rings. The second kappa shape index (κ2) is 9.20. The summed E-state index contributed by atoms with van der Waals surface area (Å²) in [4.78, 5) is 24.9. The smallest absolute Gasteiger partial charge is 0.242 e. The highest BCUT2D eigenvalue weighted by Gasteiger charge is 2.18. The Morgan fingerprint density at radius 3 is 2.50 bits per heavy atom. The number of hydrogen-bond donors (Lipinski definition) is 3. The van der Waals surface area contributed by atoms with Crippen molar-refractivity contribution >= 4 is 23.2 Å². The molecule has 2 aromatic rings. The summed E-state index contributed by atoms with van der Waals surface area (Å²) < 4.78 is 0. The molecule has 6 heteroatoms.